The van der Waals surface area contributed by atoms with E-state index in [1.54, 1.807) is 6.07 Å². The number of halogens is 2. The minimum absolute atomic E-state index is 0.0198. The molecule has 2 aromatic rings. The third-order valence-electron chi connectivity index (χ3n) is 2.73. The molecule has 0 atom stereocenters. The van der Waals surface area contributed by atoms with Crippen LogP contribution < -0.4 is 0 Å². The first-order valence-electron chi connectivity index (χ1n) is 5.80. The molecule has 0 saturated heterocycles. The van der Waals surface area contributed by atoms with E-state index in [0.29, 0.717) is 17.8 Å². The average molecular weight is 283 g/mol. The zero-order valence-corrected chi connectivity index (χ0v) is 11.0. The van der Waals surface area contributed by atoms with Crippen LogP contribution in [0.25, 0.3) is 5.69 Å². The lowest BCUT2D eigenvalue weighted by atomic mass is 10.1. The Kier molecular flexibility index (Phi) is 3.85. The van der Waals surface area contributed by atoms with Crippen LogP contribution in [-0.4, -0.2) is 20.9 Å². The van der Waals surface area contributed by atoms with Gasteiger partial charge >= 0.3 is 5.97 Å². The van der Waals surface area contributed by atoms with E-state index in [4.69, 9.17) is 16.7 Å². The Bertz CT molecular complexity index is 625. The number of nitrogens with zero attached hydrogens (tertiary/aromatic N) is 2. The van der Waals surface area contributed by atoms with E-state index < -0.39 is 11.8 Å². The highest BCUT2D eigenvalue weighted by Crippen LogP contribution is 2.21. The fraction of sp³-hybridized carbons (Fsp3) is 0.231. The van der Waals surface area contributed by atoms with Crippen molar-refractivity contribution in [1.29, 1.82) is 0 Å². The number of carbonyl (C=O) groups is 1. The number of aromatic carboxylic acids is 1. The zero-order valence-electron chi connectivity index (χ0n) is 10.2. The van der Waals surface area contributed by atoms with E-state index in [2.05, 4.69) is 5.10 Å². The normalized spacial score (nSPS) is 10.7. The van der Waals surface area contributed by atoms with Gasteiger partial charge in [0, 0.05) is 6.07 Å². The monoisotopic (exact) mass is 282 g/mol. The highest BCUT2D eigenvalue weighted by Gasteiger charge is 2.17. The summed E-state index contributed by atoms with van der Waals surface area (Å²) >= 11 is 5.63. The Morgan fingerprint density at radius 2 is 2.26 bits per heavy atom. The molecule has 0 radical (unpaired) electrons. The molecule has 1 aromatic heterocycles. The van der Waals surface area contributed by atoms with Gasteiger partial charge in [-0.25, -0.2) is 13.9 Å². The first kappa shape index (κ1) is 13.5. The van der Waals surface area contributed by atoms with Crippen LogP contribution >= 0.6 is 11.6 Å². The molecule has 1 N–H and O–H groups in total. The zero-order chi connectivity index (χ0) is 14.0. The lowest BCUT2D eigenvalue weighted by molar-refractivity contribution is 0.0695. The molecule has 0 spiro atoms. The summed E-state index contributed by atoms with van der Waals surface area (Å²) < 4.78 is 14.9. The van der Waals surface area contributed by atoms with Gasteiger partial charge in [0.25, 0.3) is 0 Å². The van der Waals surface area contributed by atoms with Gasteiger partial charge in [0.15, 0.2) is 0 Å². The van der Waals surface area contributed by atoms with Crippen molar-refractivity contribution in [2.75, 3.05) is 0 Å². The minimum Gasteiger partial charge on any atom is -0.478 e. The molecule has 1 heterocycles. The van der Waals surface area contributed by atoms with E-state index >= 15 is 0 Å². The van der Waals surface area contributed by atoms with Crippen molar-refractivity contribution in [1.82, 2.24) is 9.78 Å². The summed E-state index contributed by atoms with van der Waals surface area (Å²) in [6.45, 7) is 1.94. The summed E-state index contributed by atoms with van der Waals surface area (Å²) in [5, 5.41) is 13.1. The highest BCUT2D eigenvalue weighted by molar-refractivity contribution is 6.30. The SMILES string of the molecule is CCCc1c(C(=O)O)cnn1-c1ccc(Cl)c(F)c1. The predicted octanol–water partition coefficient (Wildman–Crippen LogP) is 3.32. The van der Waals surface area contributed by atoms with E-state index in [9.17, 15) is 9.18 Å². The van der Waals surface area contributed by atoms with Crippen LogP contribution in [0.4, 0.5) is 4.39 Å². The summed E-state index contributed by atoms with van der Waals surface area (Å²) in [7, 11) is 0. The van der Waals surface area contributed by atoms with Gasteiger partial charge in [0.1, 0.15) is 11.4 Å². The lowest BCUT2D eigenvalue weighted by Crippen LogP contribution is -2.06. The maximum atomic E-state index is 13.5. The molecule has 0 unspecified atom stereocenters. The Hall–Kier alpha value is -1.88. The molecule has 0 fully saturated rings. The molecular weight excluding hydrogens is 271 g/mol. The molecule has 4 nitrogen and oxygen atoms in total. The Labute approximate surface area is 114 Å². The van der Waals surface area contributed by atoms with Gasteiger partial charge in [-0.1, -0.05) is 24.9 Å². The number of rotatable bonds is 4. The standard InChI is InChI=1S/C13H12ClFN2O2/c1-2-3-12-9(13(18)19)7-16-17(12)8-4-5-10(14)11(15)6-8/h4-7H,2-3H2,1H3,(H,18,19). The molecule has 0 aliphatic carbocycles. The van der Waals surface area contributed by atoms with Crippen molar-refractivity contribution in [2.24, 2.45) is 0 Å². The molecule has 0 bridgehead atoms. The summed E-state index contributed by atoms with van der Waals surface area (Å²) in [6, 6.07) is 4.26. The second-order valence-electron chi connectivity index (χ2n) is 4.07. The van der Waals surface area contributed by atoms with Gasteiger partial charge in [0.05, 0.1) is 22.6 Å². The van der Waals surface area contributed by atoms with Gasteiger partial charge in [-0.15, -0.1) is 0 Å². The van der Waals surface area contributed by atoms with Crippen LogP contribution in [0, 0.1) is 5.82 Å². The van der Waals surface area contributed by atoms with Crippen LogP contribution in [0.3, 0.4) is 0 Å². The Morgan fingerprint density at radius 3 is 2.84 bits per heavy atom. The van der Waals surface area contributed by atoms with Crippen LogP contribution in [-0.2, 0) is 6.42 Å². The highest BCUT2D eigenvalue weighted by atomic mass is 35.5. The Balaban J connectivity index is 2.55. The van der Waals surface area contributed by atoms with Gasteiger partial charge in [-0.05, 0) is 18.6 Å². The summed E-state index contributed by atoms with van der Waals surface area (Å²) in [5.74, 6) is -1.60. The van der Waals surface area contributed by atoms with Crippen LogP contribution in [0.2, 0.25) is 5.02 Å². The number of aromatic nitrogens is 2. The van der Waals surface area contributed by atoms with Crippen LogP contribution in [0.1, 0.15) is 29.4 Å². The summed E-state index contributed by atoms with van der Waals surface area (Å²) in [6.07, 6.45) is 2.59. The van der Waals surface area contributed by atoms with Gasteiger partial charge in [-0.3, -0.25) is 0 Å². The molecular formula is C13H12ClFN2O2. The van der Waals surface area contributed by atoms with Gasteiger partial charge in [-0.2, -0.15) is 5.10 Å². The van der Waals surface area contributed by atoms with E-state index in [1.807, 2.05) is 6.92 Å². The average Bonchev–Trinajstić information content (AvgIpc) is 2.77. The molecule has 1 aromatic carbocycles. The van der Waals surface area contributed by atoms with E-state index in [0.717, 1.165) is 6.42 Å². The molecule has 19 heavy (non-hydrogen) atoms. The smallest absolute Gasteiger partial charge is 0.339 e. The molecule has 0 amide bonds. The summed E-state index contributed by atoms with van der Waals surface area (Å²) in [5.41, 5.74) is 1.15. The third kappa shape index (κ3) is 2.61. The molecule has 0 aliphatic heterocycles. The second kappa shape index (κ2) is 5.40. The number of hydrogen-bond donors (Lipinski definition) is 1. The molecule has 6 heteroatoms. The van der Waals surface area contributed by atoms with Crippen LogP contribution in [0.5, 0.6) is 0 Å². The van der Waals surface area contributed by atoms with Crippen molar-refractivity contribution in [3.63, 3.8) is 0 Å². The largest absolute Gasteiger partial charge is 0.478 e. The lowest BCUT2D eigenvalue weighted by Gasteiger charge is -2.08. The quantitative estimate of drug-likeness (QED) is 0.936. The minimum atomic E-state index is -1.04. The second-order valence-corrected chi connectivity index (χ2v) is 4.48. The fourth-order valence-electron chi connectivity index (χ4n) is 1.87. The predicted molar refractivity (Wildman–Crippen MR) is 69.5 cm³/mol. The van der Waals surface area contributed by atoms with Gasteiger partial charge < -0.3 is 5.11 Å². The number of carboxylic acids is 1. The molecule has 0 aliphatic rings. The van der Waals surface area contributed by atoms with Crippen molar-refractivity contribution in [3.05, 3.63) is 46.5 Å². The number of carboxylic acid groups (broad SMARTS) is 1. The number of hydrogen-bond acceptors (Lipinski definition) is 2. The maximum absolute atomic E-state index is 13.5. The van der Waals surface area contributed by atoms with Gasteiger partial charge in [0.2, 0.25) is 0 Å². The first-order chi connectivity index (χ1) is 9.04. The maximum Gasteiger partial charge on any atom is 0.339 e. The molecule has 2 rings (SSSR count). The molecule has 0 saturated carbocycles. The van der Waals surface area contributed by atoms with Crippen molar-refractivity contribution >= 4 is 17.6 Å². The van der Waals surface area contributed by atoms with E-state index in [1.165, 1.54) is 23.0 Å². The van der Waals surface area contributed by atoms with Crippen LogP contribution in [0.15, 0.2) is 24.4 Å². The topological polar surface area (TPSA) is 55.1 Å². The van der Waals surface area contributed by atoms with Crippen molar-refractivity contribution < 1.29 is 14.3 Å². The van der Waals surface area contributed by atoms with E-state index in [-0.39, 0.29) is 10.6 Å². The molecule has 100 valence electrons. The summed E-state index contributed by atoms with van der Waals surface area (Å²) in [4.78, 5) is 11.1. The Morgan fingerprint density at radius 1 is 1.53 bits per heavy atom. The van der Waals surface area contributed by atoms with Crippen molar-refractivity contribution in [3.8, 4) is 5.69 Å². The fourth-order valence-corrected chi connectivity index (χ4v) is 1.99. The van der Waals surface area contributed by atoms with Crippen molar-refractivity contribution in [2.45, 2.75) is 19.8 Å². The first-order valence-corrected chi connectivity index (χ1v) is 6.18. The third-order valence-corrected chi connectivity index (χ3v) is 3.04. The number of benzene rings is 1.